The Kier molecular flexibility index (Phi) is 7.36. The van der Waals surface area contributed by atoms with Gasteiger partial charge in [0, 0.05) is 28.4 Å². The molecule has 0 atom stereocenters. The third-order valence-corrected chi connectivity index (χ3v) is 9.08. The van der Waals surface area contributed by atoms with Gasteiger partial charge in [0.25, 0.3) is 0 Å². The summed E-state index contributed by atoms with van der Waals surface area (Å²) in [5.74, 6) is 0.240. The van der Waals surface area contributed by atoms with Crippen molar-refractivity contribution in [2.24, 2.45) is 7.05 Å². The van der Waals surface area contributed by atoms with Crippen molar-refractivity contribution in [3.05, 3.63) is 76.7 Å². The van der Waals surface area contributed by atoms with Crippen molar-refractivity contribution in [3.63, 3.8) is 0 Å². The third kappa shape index (κ3) is 5.00. The van der Waals surface area contributed by atoms with Gasteiger partial charge >= 0.3 is 5.97 Å². The topological polar surface area (TPSA) is 99.0 Å². The number of carbonyl (C=O) groups excluding carboxylic acids is 2. The highest BCUT2D eigenvalue weighted by atomic mass is 32.2. The number of esters is 1. The molecule has 1 amide bonds. The number of ether oxygens (including phenoxy) is 1. The summed E-state index contributed by atoms with van der Waals surface area (Å²) in [5.41, 5.74) is 5.19. The summed E-state index contributed by atoms with van der Waals surface area (Å²) in [6.07, 6.45) is 2.78. The maximum Gasteiger partial charge on any atom is 0.341 e. The van der Waals surface area contributed by atoms with Gasteiger partial charge in [0.15, 0.2) is 11.0 Å². The number of nitrogens with zero attached hydrogens (tertiary/aromatic N) is 4. The SMILES string of the molecule is CCOC(=O)c1c(NC(=O)CSc2nnc(-c3cc(-c4ccccc4)nc4ccccc34)n2C)sc2c1CCC2. The number of hydrogen-bond acceptors (Lipinski definition) is 8. The van der Waals surface area contributed by atoms with Gasteiger partial charge in [0.05, 0.1) is 29.1 Å². The number of thioether (sulfide) groups is 1. The Balaban J connectivity index is 1.23. The Morgan fingerprint density at radius 3 is 2.70 bits per heavy atom. The lowest BCUT2D eigenvalue weighted by Crippen LogP contribution is -2.17. The number of pyridine rings is 1. The minimum Gasteiger partial charge on any atom is -0.462 e. The molecular formula is C30H27N5O3S2. The summed E-state index contributed by atoms with van der Waals surface area (Å²) < 4.78 is 7.18. The zero-order chi connectivity index (χ0) is 27.6. The largest absolute Gasteiger partial charge is 0.462 e. The van der Waals surface area contributed by atoms with E-state index < -0.39 is 0 Å². The van der Waals surface area contributed by atoms with E-state index in [2.05, 4.69) is 15.5 Å². The summed E-state index contributed by atoms with van der Waals surface area (Å²) in [5, 5.41) is 14.0. The van der Waals surface area contributed by atoms with Crippen molar-refractivity contribution in [1.82, 2.24) is 19.7 Å². The minimum absolute atomic E-state index is 0.128. The number of aromatic nitrogens is 4. The van der Waals surface area contributed by atoms with Crippen LogP contribution in [0.1, 0.15) is 34.1 Å². The van der Waals surface area contributed by atoms with Crippen molar-refractivity contribution in [2.75, 3.05) is 17.7 Å². The van der Waals surface area contributed by atoms with Gasteiger partial charge in [-0.25, -0.2) is 9.78 Å². The van der Waals surface area contributed by atoms with Gasteiger partial charge in [0.2, 0.25) is 5.91 Å². The zero-order valence-corrected chi connectivity index (χ0v) is 23.8. The van der Waals surface area contributed by atoms with Crippen LogP contribution in [0.5, 0.6) is 0 Å². The monoisotopic (exact) mass is 569 g/mol. The van der Waals surface area contributed by atoms with E-state index in [9.17, 15) is 9.59 Å². The van der Waals surface area contributed by atoms with Gasteiger partial charge in [-0.05, 0) is 43.9 Å². The second-order valence-corrected chi connectivity index (χ2v) is 11.5. The van der Waals surface area contributed by atoms with Crippen molar-refractivity contribution >= 4 is 50.9 Å². The number of thiophene rings is 1. The predicted molar refractivity (Wildman–Crippen MR) is 159 cm³/mol. The Hall–Kier alpha value is -4.02. The first-order valence-corrected chi connectivity index (χ1v) is 14.9. The summed E-state index contributed by atoms with van der Waals surface area (Å²) in [6, 6.07) is 20.1. The van der Waals surface area contributed by atoms with Gasteiger partial charge in [-0.1, -0.05) is 60.3 Å². The molecule has 0 saturated heterocycles. The normalized spacial score (nSPS) is 12.4. The molecule has 0 saturated carbocycles. The van der Waals surface area contributed by atoms with Crippen molar-refractivity contribution in [3.8, 4) is 22.6 Å². The molecule has 3 aromatic heterocycles. The van der Waals surface area contributed by atoms with Crippen LogP contribution in [0, 0.1) is 0 Å². The van der Waals surface area contributed by atoms with Crippen LogP contribution in [-0.4, -0.2) is 44.0 Å². The molecule has 0 radical (unpaired) electrons. The number of nitrogens with one attached hydrogen (secondary N) is 1. The van der Waals surface area contributed by atoms with Crippen molar-refractivity contribution in [2.45, 2.75) is 31.3 Å². The first-order valence-electron chi connectivity index (χ1n) is 13.1. The van der Waals surface area contributed by atoms with Crippen molar-refractivity contribution in [1.29, 1.82) is 0 Å². The summed E-state index contributed by atoms with van der Waals surface area (Å²) >= 11 is 2.78. The van der Waals surface area contributed by atoms with E-state index >= 15 is 0 Å². The molecule has 8 nitrogen and oxygen atoms in total. The maximum absolute atomic E-state index is 13.0. The van der Waals surface area contributed by atoms with E-state index in [0.29, 0.717) is 28.2 Å². The number of aryl methyl sites for hydroxylation is 1. The molecule has 1 aliphatic carbocycles. The number of amides is 1. The van der Waals surface area contributed by atoms with Crippen LogP contribution in [0.2, 0.25) is 0 Å². The van der Waals surface area contributed by atoms with E-state index in [4.69, 9.17) is 9.72 Å². The molecular weight excluding hydrogens is 542 g/mol. The number of rotatable bonds is 8. The number of benzene rings is 2. The van der Waals surface area contributed by atoms with Crippen molar-refractivity contribution < 1.29 is 14.3 Å². The predicted octanol–water partition coefficient (Wildman–Crippen LogP) is 6.16. The molecule has 0 bridgehead atoms. The fraction of sp³-hybridized carbons (Fsp3) is 0.233. The number of hydrogen-bond donors (Lipinski definition) is 1. The lowest BCUT2D eigenvalue weighted by atomic mass is 10.0. The molecule has 6 rings (SSSR count). The van der Waals surface area contributed by atoms with Crippen LogP contribution < -0.4 is 5.32 Å². The second kappa shape index (κ2) is 11.2. The highest BCUT2D eigenvalue weighted by Gasteiger charge is 2.28. The number of carbonyl (C=O) groups is 2. The van der Waals surface area contributed by atoms with Crippen LogP contribution in [0.15, 0.2) is 65.8 Å². The van der Waals surface area contributed by atoms with Crippen LogP contribution in [0.4, 0.5) is 5.00 Å². The zero-order valence-electron chi connectivity index (χ0n) is 22.1. The van der Waals surface area contributed by atoms with Gasteiger partial charge in [-0.2, -0.15) is 0 Å². The molecule has 40 heavy (non-hydrogen) atoms. The van der Waals surface area contributed by atoms with Gasteiger partial charge in [-0.3, -0.25) is 4.79 Å². The molecule has 5 aromatic rings. The first kappa shape index (κ1) is 26.2. The average molecular weight is 570 g/mol. The fourth-order valence-electron chi connectivity index (χ4n) is 5.00. The van der Waals surface area contributed by atoms with Crippen LogP contribution in [-0.2, 0) is 29.4 Å². The summed E-state index contributed by atoms with van der Waals surface area (Å²) in [6.45, 7) is 2.08. The lowest BCUT2D eigenvalue weighted by Gasteiger charge is -2.10. The van der Waals surface area contributed by atoms with E-state index in [0.717, 1.165) is 57.4 Å². The first-order chi connectivity index (χ1) is 19.5. The Bertz CT molecular complexity index is 1730. The number of fused-ring (bicyclic) bond motifs is 2. The highest BCUT2D eigenvalue weighted by Crippen LogP contribution is 2.40. The Morgan fingerprint density at radius 1 is 1.07 bits per heavy atom. The third-order valence-electron chi connectivity index (χ3n) is 6.85. The molecule has 10 heteroatoms. The maximum atomic E-state index is 13.0. The Morgan fingerprint density at radius 2 is 1.88 bits per heavy atom. The fourth-order valence-corrected chi connectivity index (χ4v) is 7.00. The molecule has 0 fully saturated rings. The lowest BCUT2D eigenvalue weighted by molar-refractivity contribution is -0.113. The molecule has 202 valence electrons. The number of anilines is 1. The van der Waals surface area contributed by atoms with Crippen LogP contribution >= 0.6 is 23.1 Å². The van der Waals surface area contributed by atoms with Crippen LogP contribution in [0.25, 0.3) is 33.5 Å². The standard InChI is InChI=1S/C30H27N5O3S2/c1-3-38-29(37)26-20-13-9-15-24(20)40-28(26)32-25(36)17-39-30-34-33-27(35(30)2)21-16-23(18-10-5-4-6-11-18)31-22-14-8-7-12-19(21)22/h4-8,10-12,14,16H,3,9,13,15,17H2,1-2H3,(H,32,36). The molecule has 1 N–H and O–H groups in total. The second-order valence-electron chi connectivity index (χ2n) is 9.42. The number of para-hydroxylation sites is 1. The average Bonchev–Trinajstić information content (AvgIpc) is 3.66. The van der Waals surface area contributed by atoms with Gasteiger partial charge < -0.3 is 14.6 Å². The summed E-state index contributed by atoms with van der Waals surface area (Å²) in [4.78, 5) is 31.6. The van der Waals surface area contributed by atoms with E-state index in [-0.39, 0.29) is 17.6 Å². The molecule has 2 aromatic carbocycles. The Labute approximate surface area is 239 Å². The highest BCUT2D eigenvalue weighted by molar-refractivity contribution is 7.99. The molecule has 0 unspecified atom stereocenters. The molecule has 0 spiro atoms. The van der Waals surface area contributed by atoms with Crippen LogP contribution in [0.3, 0.4) is 0 Å². The molecule has 0 aliphatic heterocycles. The molecule has 1 aliphatic rings. The molecule has 3 heterocycles. The smallest absolute Gasteiger partial charge is 0.341 e. The van der Waals surface area contributed by atoms with E-state index in [1.165, 1.54) is 23.1 Å². The van der Waals surface area contributed by atoms with E-state index in [1.54, 1.807) is 6.92 Å². The minimum atomic E-state index is -0.373. The quantitative estimate of drug-likeness (QED) is 0.177. The summed E-state index contributed by atoms with van der Waals surface area (Å²) in [7, 11) is 1.90. The van der Waals surface area contributed by atoms with Gasteiger partial charge in [0.1, 0.15) is 5.00 Å². The van der Waals surface area contributed by atoms with Gasteiger partial charge in [-0.15, -0.1) is 21.5 Å². The van der Waals surface area contributed by atoms with E-state index in [1.807, 2.05) is 72.3 Å².